The van der Waals surface area contributed by atoms with Gasteiger partial charge in [0.2, 0.25) is 5.91 Å². The van der Waals surface area contributed by atoms with Crippen LogP contribution < -0.4 is 10.1 Å². The second kappa shape index (κ2) is 8.18. The van der Waals surface area contributed by atoms with Gasteiger partial charge in [-0.1, -0.05) is 32.9 Å². The number of benzene rings is 1. The van der Waals surface area contributed by atoms with Crippen molar-refractivity contribution in [1.29, 1.82) is 0 Å². The van der Waals surface area contributed by atoms with Gasteiger partial charge in [0, 0.05) is 6.42 Å². The van der Waals surface area contributed by atoms with Crippen LogP contribution in [-0.2, 0) is 19.7 Å². The van der Waals surface area contributed by atoms with Crippen LogP contribution >= 0.6 is 0 Å². The molecule has 0 aliphatic heterocycles. The van der Waals surface area contributed by atoms with Crippen molar-refractivity contribution in [2.75, 3.05) is 13.7 Å². The molecular formula is C19H29NO4. The van der Waals surface area contributed by atoms with E-state index in [-0.39, 0.29) is 11.3 Å². The highest BCUT2D eigenvalue weighted by Gasteiger charge is 2.30. The summed E-state index contributed by atoms with van der Waals surface area (Å²) in [4.78, 5) is 23.4. The number of esters is 1. The lowest BCUT2D eigenvalue weighted by Gasteiger charge is -2.23. The molecule has 1 N–H and O–H groups in total. The highest BCUT2D eigenvalue weighted by molar-refractivity contribution is 5.87. The van der Waals surface area contributed by atoms with Gasteiger partial charge in [0.1, 0.15) is 11.3 Å². The summed E-state index contributed by atoms with van der Waals surface area (Å²) in [6.45, 7) is 10.2. The van der Waals surface area contributed by atoms with Crippen molar-refractivity contribution in [2.24, 2.45) is 0 Å². The molecule has 0 aromatic heterocycles. The van der Waals surface area contributed by atoms with E-state index < -0.39 is 11.5 Å². The Morgan fingerprint density at radius 3 is 2.12 bits per heavy atom. The molecule has 0 radical (unpaired) electrons. The number of ether oxygens (including phenoxy) is 2. The highest BCUT2D eigenvalue weighted by atomic mass is 16.5. The Bertz CT molecular complexity index is 556. The minimum Gasteiger partial charge on any atom is -0.494 e. The van der Waals surface area contributed by atoms with Gasteiger partial charge in [0.05, 0.1) is 13.7 Å². The third-order valence-corrected chi connectivity index (χ3v) is 3.68. The molecule has 5 nitrogen and oxygen atoms in total. The fraction of sp³-hybridized carbons (Fsp3) is 0.579. The van der Waals surface area contributed by atoms with Gasteiger partial charge in [-0.2, -0.15) is 0 Å². The molecule has 1 aromatic rings. The van der Waals surface area contributed by atoms with Gasteiger partial charge >= 0.3 is 5.97 Å². The van der Waals surface area contributed by atoms with E-state index in [2.05, 4.69) is 43.0 Å². The molecule has 24 heavy (non-hydrogen) atoms. The minimum atomic E-state index is -1.02. The van der Waals surface area contributed by atoms with Gasteiger partial charge in [-0.3, -0.25) is 4.79 Å². The Morgan fingerprint density at radius 1 is 1.04 bits per heavy atom. The second-order valence-electron chi connectivity index (χ2n) is 7.39. The van der Waals surface area contributed by atoms with Gasteiger partial charge < -0.3 is 14.8 Å². The van der Waals surface area contributed by atoms with Crippen LogP contribution in [0.1, 0.15) is 53.0 Å². The summed E-state index contributed by atoms with van der Waals surface area (Å²) in [5.74, 6) is 0.126. The molecule has 1 amide bonds. The Balaban J connectivity index is 2.36. The van der Waals surface area contributed by atoms with Crippen LogP contribution in [0.5, 0.6) is 5.75 Å². The van der Waals surface area contributed by atoms with Gasteiger partial charge in [-0.25, -0.2) is 4.79 Å². The lowest BCUT2D eigenvalue weighted by molar-refractivity contribution is -0.149. The maximum absolute atomic E-state index is 11.9. The van der Waals surface area contributed by atoms with Gasteiger partial charge in [-0.15, -0.1) is 0 Å². The third kappa shape index (κ3) is 6.22. The molecule has 5 heteroatoms. The fourth-order valence-corrected chi connectivity index (χ4v) is 2.19. The third-order valence-electron chi connectivity index (χ3n) is 3.68. The Hall–Kier alpha value is -2.04. The Morgan fingerprint density at radius 2 is 1.62 bits per heavy atom. The van der Waals surface area contributed by atoms with E-state index in [0.29, 0.717) is 19.4 Å². The van der Waals surface area contributed by atoms with E-state index in [0.717, 1.165) is 5.75 Å². The summed E-state index contributed by atoms with van der Waals surface area (Å²) in [6.07, 6.45) is 0.866. The van der Waals surface area contributed by atoms with Crippen molar-refractivity contribution in [1.82, 2.24) is 5.32 Å². The predicted octanol–water partition coefficient (Wildman–Crippen LogP) is 3.21. The lowest BCUT2D eigenvalue weighted by atomic mass is 9.87. The smallest absolute Gasteiger partial charge is 0.330 e. The van der Waals surface area contributed by atoms with Crippen molar-refractivity contribution in [3.8, 4) is 5.75 Å². The lowest BCUT2D eigenvalue weighted by Crippen LogP contribution is -2.50. The summed E-state index contributed by atoms with van der Waals surface area (Å²) in [5.41, 5.74) is 0.345. The van der Waals surface area contributed by atoms with Crippen molar-refractivity contribution >= 4 is 11.9 Å². The van der Waals surface area contributed by atoms with Crippen molar-refractivity contribution in [2.45, 2.75) is 58.4 Å². The SMILES string of the molecule is COC(=O)C(C)(C)NC(=O)CCCOc1ccc(C(C)(C)C)cc1. The summed E-state index contributed by atoms with van der Waals surface area (Å²) in [5, 5.41) is 2.66. The largest absolute Gasteiger partial charge is 0.494 e. The maximum Gasteiger partial charge on any atom is 0.330 e. The van der Waals surface area contributed by atoms with E-state index in [1.165, 1.54) is 12.7 Å². The van der Waals surface area contributed by atoms with Crippen LogP contribution in [0.2, 0.25) is 0 Å². The monoisotopic (exact) mass is 335 g/mol. The number of carbonyl (C=O) groups excluding carboxylic acids is 2. The molecule has 0 atom stereocenters. The quantitative estimate of drug-likeness (QED) is 0.614. The first-order valence-electron chi connectivity index (χ1n) is 8.19. The predicted molar refractivity (Wildman–Crippen MR) is 94.1 cm³/mol. The summed E-state index contributed by atoms with van der Waals surface area (Å²) in [7, 11) is 1.30. The second-order valence-corrected chi connectivity index (χ2v) is 7.39. The molecule has 0 saturated heterocycles. The zero-order chi connectivity index (χ0) is 18.4. The molecule has 0 fully saturated rings. The number of hydrogen-bond donors (Lipinski definition) is 1. The number of rotatable bonds is 7. The van der Waals surface area contributed by atoms with Crippen molar-refractivity contribution in [3.05, 3.63) is 29.8 Å². The molecule has 1 aromatic carbocycles. The van der Waals surface area contributed by atoms with E-state index >= 15 is 0 Å². The number of amides is 1. The van der Waals surface area contributed by atoms with E-state index in [4.69, 9.17) is 4.74 Å². The zero-order valence-electron chi connectivity index (χ0n) is 15.6. The Kier molecular flexibility index (Phi) is 6.81. The molecule has 0 spiro atoms. The normalized spacial score (nSPS) is 11.8. The van der Waals surface area contributed by atoms with Crippen LogP contribution in [0, 0.1) is 0 Å². The van der Waals surface area contributed by atoms with Gasteiger partial charge in [-0.05, 0) is 43.4 Å². The average molecular weight is 335 g/mol. The number of methoxy groups -OCH3 is 1. The molecular weight excluding hydrogens is 306 g/mol. The zero-order valence-corrected chi connectivity index (χ0v) is 15.6. The molecule has 0 aliphatic rings. The molecule has 0 unspecified atom stereocenters. The van der Waals surface area contributed by atoms with E-state index in [1.807, 2.05) is 12.1 Å². The molecule has 1 rings (SSSR count). The molecule has 0 aliphatic carbocycles. The van der Waals surface area contributed by atoms with E-state index in [9.17, 15) is 9.59 Å². The summed E-state index contributed by atoms with van der Waals surface area (Å²) >= 11 is 0. The number of hydrogen-bond acceptors (Lipinski definition) is 4. The summed E-state index contributed by atoms with van der Waals surface area (Å²) < 4.78 is 10.3. The van der Waals surface area contributed by atoms with E-state index in [1.54, 1.807) is 13.8 Å². The molecule has 134 valence electrons. The first-order chi connectivity index (χ1) is 11.1. The topological polar surface area (TPSA) is 64.6 Å². The van der Waals surface area contributed by atoms with Gasteiger partial charge in [0.25, 0.3) is 0 Å². The molecule has 0 saturated carbocycles. The Labute approximate surface area is 144 Å². The average Bonchev–Trinajstić information content (AvgIpc) is 2.49. The van der Waals surface area contributed by atoms with Crippen LogP contribution in [0.3, 0.4) is 0 Å². The molecule has 0 bridgehead atoms. The number of carbonyl (C=O) groups is 2. The van der Waals surface area contributed by atoms with Gasteiger partial charge in [0.15, 0.2) is 0 Å². The van der Waals surface area contributed by atoms with Crippen molar-refractivity contribution in [3.63, 3.8) is 0 Å². The molecule has 0 heterocycles. The van der Waals surface area contributed by atoms with Crippen LogP contribution in [0.15, 0.2) is 24.3 Å². The summed E-state index contributed by atoms with van der Waals surface area (Å²) in [6, 6.07) is 8.00. The first kappa shape index (κ1) is 20.0. The number of nitrogens with one attached hydrogen (secondary N) is 1. The maximum atomic E-state index is 11.9. The minimum absolute atomic E-state index is 0.114. The van der Waals surface area contributed by atoms with Crippen LogP contribution in [0.25, 0.3) is 0 Å². The van der Waals surface area contributed by atoms with Crippen LogP contribution in [0.4, 0.5) is 0 Å². The van der Waals surface area contributed by atoms with Crippen molar-refractivity contribution < 1.29 is 19.1 Å². The fourth-order valence-electron chi connectivity index (χ4n) is 2.19. The van der Waals surface area contributed by atoms with Crippen LogP contribution in [-0.4, -0.2) is 31.1 Å². The highest BCUT2D eigenvalue weighted by Crippen LogP contribution is 2.24. The first-order valence-corrected chi connectivity index (χ1v) is 8.19. The standard InChI is InChI=1S/C19H29NO4/c1-18(2,3)14-9-11-15(12-10-14)24-13-7-8-16(21)20-19(4,5)17(22)23-6/h9-12H,7-8,13H2,1-6H3,(H,20,21).